The Bertz CT molecular complexity index is 630. The second-order valence-electron chi connectivity index (χ2n) is 6.77. The molecule has 0 unspecified atom stereocenters. The molecule has 0 rings (SSSR count). The molecule has 0 spiro atoms. The summed E-state index contributed by atoms with van der Waals surface area (Å²) in [6.07, 6.45) is -2.16. The van der Waals surface area contributed by atoms with Crippen LogP contribution in [-0.4, -0.2) is 39.4 Å². The van der Waals surface area contributed by atoms with E-state index in [1.165, 1.54) is 0 Å². The Morgan fingerprint density at radius 2 is 0.424 bits per heavy atom. The Hall–Kier alpha value is -2.41. The van der Waals surface area contributed by atoms with Crippen LogP contribution in [0.4, 0.5) is 0 Å². The lowest BCUT2D eigenvalue weighted by Crippen LogP contribution is -2.63. The molecule has 0 aromatic rings. The number of hydrogen-bond donors (Lipinski definition) is 0. The van der Waals surface area contributed by atoms with Crippen LogP contribution in [0.1, 0.15) is 0 Å². The van der Waals surface area contributed by atoms with Crippen molar-refractivity contribution in [2.24, 2.45) is 0 Å². The predicted molar refractivity (Wildman–Crippen MR) is 152 cm³/mol. The highest BCUT2D eigenvalue weighted by atomic mass is 28.4. The van der Waals surface area contributed by atoms with Crippen molar-refractivity contribution in [1.82, 2.24) is 0 Å². The molecule has 0 fully saturated rings. The molecule has 0 saturated heterocycles. The molecule has 33 heavy (non-hydrogen) atoms. The Morgan fingerprint density at radius 3 is 0.515 bits per heavy atom. The van der Waals surface area contributed by atoms with E-state index in [0.29, 0.717) is 0 Å². The zero-order valence-corrected chi connectivity index (χ0v) is 23.5. The first-order chi connectivity index (χ1) is 15.6. The van der Waals surface area contributed by atoms with Crippen molar-refractivity contribution in [3.05, 3.63) is 147 Å². The largest absolute Gasteiger partial charge is 0.376 e. The molecule has 0 aliphatic heterocycles. The molecule has 0 bridgehead atoms. The van der Waals surface area contributed by atoms with E-state index in [1.54, 1.807) is 68.4 Å². The highest BCUT2D eigenvalue weighted by molar-refractivity contribution is 6.90. The minimum absolute atomic E-state index is 1.62. The summed E-state index contributed by atoms with van der Waals surface area (Å²) in [5, 5.41) is 0. The van der Waals surface area contributed by atoms with Crippen LogP contribution < -0.4 is 0 Å². The van der Waals surface area contributed by atoms with E-state index in [9.17, 15) is 0 Å². The molecule has 0 radical (unpaired) electrons. The molecule has 4 nitrogen and oxygen atoms in total. The predicted octanol–water partition coefficient (Wildman–Crippen LogP) is 6.15. The maximum absolute atomic E-state index is 6.55. The molecule has 0 N–H and O–H groups in total. The molecule has 8 heteroatoms. The van der Waals surface area contributed by atoms with E-state index >= 15 is 0 Å². The lowest BCUT2D eigenvalue weighted by Gasteiger charge is -2.47. The van der Waals surface area contributed by atoms with Crippen LogP contribution in [0.2, 0.25) is 0 Å². The Labute approximate surface area is 204 Å². The van der Waals surface area contributed by atoms with E-state index in [0.717, 1.165) is 0 Å². The third-order valence-corrected chi connectivity index (χ3v) is 15.1. The molecule has 0 atom stereocenters. The minimum atomic E-state index is -3.09. The van der Waals surface area contributed by atoms with Gasteiger partial charge in [0.15, 0.2) is 0 Å². The Morgan fingerprint density at radius 1 is 0.303 bits per heavy atom. The van der Waals surface area contributed by atoms with Crippen molar-refractivity contribution in [3.8, 4) is 0 Å². The van der Waals surface area contributed by atoms with Crippen LogP contribution in [0, 0.1) is 0 Å². The zero-order chi connectivity index (χ0) is 25.8. The maximum Gasteiger partial charge on any atom is 0.376 e. The third kappa shape index (κ3) is 6.79. The van der Waals surface area contributed by atoms with Gasteiger partial charge in [-0.15, -0.1) is 78.9 Å². The van der Waals surface area contributed by atoms with Crippen molar-refractivity contribution in [2.75, 3.05) is 0 Å². The average Bonchev–Trinajstić information content (AvgIpc) is 2.88. The fraction of sp³-hybridized carbons (Fsp3) is 0.0400. The normalized spacial score (nSPS) is 12.4. The highest BCUT2D eigenvalue weighted by Gasteiger charge is 2.54. The van der Waals surface area contributed by atoms with E-state index < -0.39 is 39.4 Å². The summed E-state index contributed by atoms with van der Waals surface area (Å²) in [6, 6.07) is 0. The first-order valence-corrected chi connectivity index (χ1v) is 18.6. The smallest absolute Gasteiger partial charge is 0.336 e. The molecule has 176 valence electrons. The quantitative estimate of drug-likeness (QED) is 0.145. The third-order valence-electron chi connectivity index (χ3n) is 5.04. The van der Waals surface area contributed by atoms with Crippen molar-refractivity contribution < 1.29 is 17.7 Å². The summed E-state index contributed by atoms with van der Waals surface area (Å²) in [5.74, 6) is 0. The van der Waals surface area contributed by atoms with Gasteiger partial charge < -0.3 is 17.7 Å². The van der Waals surface area contributed by atoms with E-state index in [4.69, 9.17) is 17.7 Å². The van der Waals surface area contributed by atoms with Gasteiger partial charge in [0.2, 0.25) is 0 Å². The molecule has 0 aromatic heterocycles. The van der Waals surface area contributed by atoms with Crippen LogP contribution in [0.5, 0.6) is 0 Å². The van der Waals surface area contributed by atoms with Crippen molar-refractivity contribution >= 4 is 33.3 Å². The summed E-state index contributed by atoms with van der Waals surface area (Å²) < 4.78 is 26.2. The first-order valence-electron chi connectivity index (χ1n) is 10.00. The van der Waals surface area contributed by atoms with Gasteiger partial charge >= 0.3 is 6.16 Å². The van der Waals surface area contributed by atoms with Crippen LogP contribution in [0.3, 0.4) is 0 Å². The minimum Gasteiger partial charge on any atom is -0.336 e. The van der Waals surface area contributed by atoms with Gasteiger partial charge in [-0.1, -0.05) is 68.4 Å². The summed E-state index contributed by atoms with van der Waals surface area (Å²) >= 11 is 0. The van der Waals surface area contributed by atoms with Crippen LogP contribution in [0.15, 0.2) is 147 Å². The second-order valence-corrected chi connectivity index (χ2v) is 19.3. The van der Waals surface area contributed by atoms with Crippen molar-refractivity contribution in [1.29, 1.82) is 0 Å². The zero-order valence-electron chi connectivity index (χ0n) is 19.5. The van der Waals surface area contributed by atoms with E-state index in [1.807, 2.05) is 0 Å². The van der Waals surface area contributed by atoms with Gasteiger partial charge in [0, 0.05) is 0 Å². The van der Waals surface area contributed by atoms with Gasteiger partial charge in [0.05, 0.1) is 0 Å². The van der Waals surface area contributed by atoms with Gasteiger partial charge in [-0.3, -0.25) is 0 Å². The molecular weight excluding hydrogens is 477 g/mol. The van der Waals surface area contributed by atoms with Gasteiger partial charge in [-0.05, 0) is 0 Å². The maximum atomic E-state index is 6.55. The molecular formula is C25H36O4Si4. The lowest BCUT2D eigenvalue weighted by atomic mass is 11.2. The topological polar surface area (TPSA) is 36.9 Å². The van der Waals surface area contributed by atoms with E-state index in [2.05, 4.69) is 78.9 Å². The molecule has 0 aliphatic rings. The van der Waals surface area contributed by atoms with E-state index in [-0.39, 0.29) is 0 Å². The number of hydrogen-bond acceptors (Lipinski definition) is 4. The summed E-state index contributed by atoms with van der Waals surface area (Å²) in [5.41, 5.74) is 19.4. The second kappa shape index (κ2) is 12.7. The van der Waals surface area contributed by atoms with Crippen LogP contribution in [0.25, 0.3) is 0 Å². The van der Waals surface area contributed by atoms with Gasteiger partial charge in [0.1, 0.15) is 0 Å². The SMILES string of the molecule is C=C[Si](C=C)(C=C)OC(O[Si](C=C)(C=C)C=C)(O[Si](C=C)(C=C)C=C)O[Si](C=C)(C=C)C=C. The Kier molecular flexibility index (Phi) is 11.8. The average molecular weight is 513 g/mol. The monoisotopic (exact) mass is 512 g/mol. The summed E-state index contributed by atoms with van der Waals surface area (Å²) in [6.45, 7) is 46.9. The Balaban J connectivity index is 7.52. The molecule has 0 heterocycles. The van der Waals surface area contributed by atoms with Gasteiger partial charge in [-0.25, -0.2) is 0 Å². The fourth-order valence-electron chi connectivity index (χ4n) is 2.49. The first kappa shape index (κ1) is 30.6. The molecule has 0 aliphatic carbocycles. The highest BCUT2D eigenvalue weighted by Crippen LogP contribution is 2.36. The van der Waals surface area contributed by atoms with Crippen molar-refractivity contribution in [3.63, 3.8) is 0 Å². The molecule has 0 amide bonds. The van der Waals surface area contributed by atoms with Gasteiger partial charge in [0.25, 0.3) is 33.3 Å². The fourth-order valence-corrected chi connectivity index (χ4v) is 8.22. The summed E-state index contributed by atoms with van der Waals surface area (Å²) in [4.78, 5) is 0. The standard InChI is InChI=1S/C25H36O4Si4/c1-13-30(14-2,15-3)26-25(27-31(16-4,17-5)18-6,28-32(19-7,20-8)21-9)29-33(22-10,23-11)24-12/h13-24H,1-12H2. The molecule has 0 aromatic carbocycles. The lowest BCUT2D eigenvalue weighted by molar-refractivity contribution is -0.383. The van der Waals surface area contributed by atoms with Crippen molar-refractivity contribution in [2.45, 2.75) is 6.16 Å². The summed E-state index contributed by atoms with van der Waals surface area (Å²) in [7, 11) is -12.4. The molecule has 0 saturated carbocycles. The van der Waals surface area contributed by atoms with Gasteiger partial charge in [-0.2, -0.15) is 0 Å². The van der Waals surface area contributed by atoms with Crippen LogP contribution >= 0.6 is 0 Å². The van der Waals surface area contributed by atoms with Crippen LogP contribution in [-0.2, 0) is 17.7 Å². The number of rotatable bonds is 20.